The van der Waals surface area contributed by atoms with Crippen LogP contribution in [0.4, 0.5) is 11.4 Å². The minimum absolute atomic E-state index is 0.257. The van der Waals surface area contributed by atoms with Crippen LogP contribution in [-0.2, 0) is 9.53 Å². The van der Waals surface area contributed by atoms with Crippen LogP contribution in [0.5, 0.6) is 0 Å². The maximum Gasteiger partial charge on any atom is 0.336 e. The lowest BCUT2D eigenvalue weighted by Crippen LogP contribution is -2.31. The predicted octanol–water partition coefficient (Wildman–Crippen LogP) is 4.56. The average molecular weight is 307 g/mol. The van der Waals surface area contributed by atoms with Gasteiger partial charge >= 0.3 is 5.97 Å². The van der Waals surface area contributed by atoms with Crippen molar-refractivity contribution in [2.75, 3.05) is 11.4 Å². The largest absolute Gasteiger partial charge is 0.457 e. The first-order chi connectivity index (χ1) is 10.9. The molecule has 0 fully saturated rings. The van der Waals surface area contributed by atoms with Crippen LogP contribution >= 0.6 is 0 Å². The second-order valence-electron chi connectivity index (χ2n) is 6.65. The topological polar surface area (TPSA) is 29.5 Å². The van der Waals surface area contributed by atoms with E-state index in [2.05, 4.69) is 23.1 Å². The number of hydrogen-bond donors (Lipinski definition) is 0. The highest BCUT2D eigenvalue weighted by Crippen LogP contribution is 2.34. The van der Waals surface area contributed by atoms with Gasteiger partial charge in [0.15, 0.2) is 0 Å². The number of benzene rings is 2. The zero-order chi connectivity index (χ0) is 16.4. The Balaban J connectivity index is 1.99. The third-order valence-electron chi connectivity index (χ3n) is 3.61. The van der Waals surface area contributed by atoms with Crippen molar-refractivity contribution in [2.45, 2.75) is 26.4 Å². The molecule has 2 aromatic carbocycles. The van der Waals surface area contributed by atoms with Crippen molar-refractivity contribution in [1.29, 1.82) is 0 Å². The summed E-state index contributed by atoms with van der Waals surface area (Å²) in [5.74, 6) is -0.257. The minimum atomic E-state index is -0.494. The summed E-state index contributed by atoms with van der Waals surface area (Å²) in [5.41, 5.74) is 3.37. The molecule has 0 unspecified atom stereocenters. The Morgan fingerprint density at radius 3 is 2.35 bits per heavy atom. The predicted molar refractivity (Wildman–Crippen MR) is 93.7 cm³/mol. The molecule has 2 aromatic rings. The van der Waals surface area contributed by atoms with Crippen molar-refractivity contribution in [3.63, 3.8) is 0 Å². The molecule has 0 spiro atoms. The van der Waals surface area contributed by atoms with Crippen LogP contribution in [0.1, 0.15) is 26.3 Å². The molecule has 0 atom stereocenters. The van der Waals surface area contributed by atoms with E-state index in [1.165, 1.54) is 0 Å². The number of anilines is 2. The quantitative estimate of drug-likeness (QED) is 0.762. The van der Waals surface area contributed by atoms with Crippen molar-refractivity contribution in [1.82, 2.24) is 0 Å². The highest BCUT2D eigenvalue weighted by molar-refractivity contribution is 5.98. The fraction of sp³-hybridized carbons (Fsp3) is 0.250. The van der Waals surface area contributed by atoms with E-state index in [1.54, 1.807) is 0 Å². The van der Waals surface area contributed by atoms with Gasteiger partial charge in [-0.05, 0) is 50.6 Å². The Morgan fingerprint density at radius 2 is 1.65 bits per heavy atom. The molecule has 0 aromatic heterocycles. The normalized spacial score (nSPS) is 14.0. The number of nitrogens with zero attached hydrogens (tertiary/aromatic N) is 1. The fourth-order valence-corrected chi connectivity index (χ4v) is 2.65. The van der Waals surface area contributed by atoms with Crippen molar-refractivity contribution < 1.29 is 9.53 Å². The molecule has 0 saturated heterocycles. The van der Waals surface area contributed by atoms with Gasteiger partial charge in [0.25, 0.3) is 0 Å². The molecule has 1 aliphatic heterocycles. The Kier molecular flexibility index (Phi) is 3.95. The number of fused-ring (bicyclic) bond motifs is 1. The summed E-state index contributed by atoms with van der Waals surface area (Å²) in [4.78, 5) is 14.6. The van der Waals surface area contributed by atoms with Crippen molar-refractivity contribution in [3.8, 4) is 0 Å². The number of esters is 1. The van der Waals surface area contributed by atoms with E-state index in [0.717, 1.165) is 16.9 Å². The van der Waals surface area contributed by atoms with Gasteiger partial charge in [-0.25, -0.2) is 4.79 Å². The molecule has 3 rings (SSSR count). The lowest BCUT2D eigenvalue weighted by atomic mass is 10.0. The van der Waals surface area contributed by atoms with Crippen LogP contribution in [0.2, 0.25) is 0 Å². The molecule has 0 aliphatic carbocycles. The second kappa shape index (κ2) is 5.92. The molecule has 0 bridgehead atoms. The van der Waals surface area contributed by atoms with Crippen LogP contribution in [-0.4, -0.2) is 18.1 Å². The SMILES string of the molecule is CC(C)(C)OC(=O)C1=Cc2ccccc2N(c2ccccc2)C1. The van der Waals surface area contributed by atoms with E-state index >= 15 is 0 Å². The summed E-state index contributed by atoms with van der Waals surface area (Å²) in [6.45, 7) is 6.17. The molecule has 23 heavy (non-hydrogen) atoms. The lowest BCUT2D eigenvalue weighted by molar-refractivity contribution is -0.149. The molecular formula is C20H21NO2. The van der Waals surface area contributed by atoms with Crippen molar-refractivity contribution >= 4 is 23.4 Å². The maximum absolute atomic E-state index is 12.5. The average Bonchev–Trinajstić information content (AvgIpc) is 2.53. The van der Waals surface area contributed by atoms with Crippen LogP contribution in [0.15, 0.2) is 60.2 Å². The molecular weight excluding hydrogens is 286 g/mol. The molecule has 0 saturated carbocycles. The van der Waals surface area contributed by atoms with Crippen LogP contribution in [0.3, 0.4) is 0 Å². The van der Waals surface area contributed by atoms with E-state index in [0.29, 0.717) is 12.1 Å². The number of carbonyl (C=O) groups excluding carboxylic acids is 1. The zero-order valence-electron chi connectivity index (χ0n) is 13.7. The fourth-order valence-electron chi connectivity index (χ4n) is 2.65. The Hall–Kier alpha value is -2.55. The highest BCUT2D eigenvalue weighted by atomic mass is 16.6. The van der Waals surface area contributed by atoms with Gasteiger partial charge in [-0.3, -0.25) is 0 Å². The number of para-hydroxylation sites is 2. The minimum Gasteiger partial charge on any atom is -0.457 e. The first-order valence-corrected chi connectivity index (χ1v) is 7.79. The van der Waals surface area contributed by atoms with E-state index in [9.17, 15) is 4.79 Å². The smallest absolute Gasteiger partial charge is 0.336 e. The number of rotatable bonds is 2. The molecule has 3 nitrogen and oxygen atoms in total. The van der Waals surface area contributed by atoms with E-state index < -0.39 is 5.60 Å². The van der Waals surface area contributed by atoms with Gasteiger partial charge in [0, 0.05) is 11.4 Å². The molecule has 1 heterocycles. The molecule has 3 heteroatoms. The summed E-state index contributed by atoms with van der Waals surface area (Å²) in [6.07, 6.45) is 1.93. The summed E-state index contributed by atoms with van der Waals surface area (Å²) < 4.78 is 5.54. The van der Waals surface area contributed by atoms with Gasteiger partial charge in [-0.1, -0.05) is 36.4 Å². The Morgan fingerprint density at radius 1 is 1.00 bits per heavy atom. The Bertz CT molecular complexity index is 742. The maximum atomic E-state index is 12.5. The first kappa shape index (κ1) is 15.3. The monoisotopic (exact) mass is 307 g/mol. The van der Waals surface area contributed by atoms with Crippen molar-refractivity contribution in [3.05, 3.63) is 65.7 Å². The molecule has 0 N–H and O–H groups in total. The standard InChI is InChI=1S/C20H21NO2/c1-20(2,3)23-19(22)16-13-15-9-7-8-12-18(15)21(14-16)17-10-5-4-6-11-17/h4-13H,14H2,1-3H3. The summed E-state index contributed by atoms with van der Waals surface area (Å²) in [7, 11) is 0. The summed E-state index contributed by atoms with van der Waals surface area (Å²) in [5, 5.41) is 0. The van der Waals surface area contributed by atoms with Gasteiger partial charge < -0.3 is 9.64 Å². The van der Waals surface area contributed by atoms with Gasteiger partial charge in [0.05, 0.1) is 12.1 Å². The molecule has 1 aliphatic rings. The zero-order valence-corrected chi connectivity index (χ0v) is 13.7. The van der Waals surface area contributed by atoms with Crippen LogP contribution in [0.25, 0.3) is 6.08 Å². The number of hydrogen-bond acceptors (Lipinski definition) is 3. The molecule has 0 radical (unpaired) electrons. The third-order valence-corrected chi connectivity index (χ3v) is 3.61. The molecule has 0 amide bonds. The van der Waals surface area contributed by atoms with Crippen molar-refractivity contribution in [2.24, 2.45) is 0 Å². The molecule has 118 valence electrons. The summed E-state index contributed by atoms with van der Waals surface area (Å²) in [6, 6.07) is 18.2. The second-order valence-corrected chi connectivity index (χ2v) is 6.65. The third kappa shape index (κ3) is 3.45. The van der Waals surface area contributed by atoms with E-state index in [-0.39, 0.29) is 5.97 Å². The van der Waals surface area contributed by atoms with Gasteiger partial charge in [0.1, 0.15) is 5.60 Å². The Labute approximate surface area is 137 Å². The highest BCUT2D eigenvalue weighted by Gasteiger charge is 2.26. The van der Waals surface area contributed by atoms with Gasteiger partial charge in [0.2, 0.25) is 0 Å². The van der Waals surface area contributed by atoms with Crippen LogP contribution in [0, 0.1) is 0 Å². The van der Waals surface area contributed by atoms with Gasteiger partial charge in [-0.15, -0.1) is 0 Å². The van der Waals surface area contributed by atoms with E-state index in [1.807, 2.05) is 63.2 Å². The van der Waals surface area contributed by atoms with Crippen LogP contribution < -0.4 is 4.90 Å². The first-order valence-electron chi connectivity index (χ1n) is 7.79. The lowest BCUT2D eigenvalue weighted by Gasteiger charge is -2.31. The number of ether oxygens (including phenoxy) is 1. The van der Waals surface area contributed by atoms with Gasteiger partial charge in [-0.2, -0.15) is 0 Å². The summed E-state index contributed by atoms with van der Waals surface area (Å²) >= 11 is 0. The van der Waals surface area contributed by atoms with E-state index in [4.69, 9.17) is 4.74 Å². The number of carbonyl (C=O) groups is 1.